The summed E-state index contributed by atoms with van der Waals surface area (Å²) >= 11 is 1.20. The Kier molecular flexibility index (Phi) is 5.07. The van der Waals surface area contributed by atoms with Crippen molar-refractivity contribution in [1.29, 1.82) is 0 Å². The topological polar surface area (TPSA) is 79.0 Å². The van der Waals surface area contributed by atoms with Gasteiger partial charge in [-0.1, -0.05) is 17.7 Å². The van der Waals surface area contributed by atoms with Crippen LogP contribution in [0.3, 0.4) is 0 Å². The number of benzene rings is 1. The van der Waals surface area contributed by atoms with Crippen LogP contribution in [0, 0.1) is 13.8 Å². The summed E-state index contributed by atoms with van der Waals surface area (Å²) < 4.78 is 6.17. The number of nitrogens with zero attached hydrogens (tertiary/aromatic N) is 1. The number of amides is 1. The predicted octanol–water partition coefficient (Wildman–Crippen LogP) is 1.92. The molecule has 1 atom stereocenters. The number of aryl methyl sites for hydroxylation is 3. The van der Waals surface area contributed by atoms with E-state index in [-0.39, 0.29) is 11.2 Å². The third-order valence-corrected chi connectivity index (χ3v) is 4.66. The van der Waals surface area contributed by atoms with Crippen LogP contribution in [0.5, 0.6) is 0 Å². The van der Waals surface area contributed by atoms with Gasteiger partial charge in [-0.2, -0.15) is 0 Å². The van der Waals surface area contributed by atoms with Gasteiger partial charge in [-0.3, -0.25) is 9.32 Å². The maximum Gasteiger partial charge on any atom is 0.441 e. The largest absolute Gasteiger partial charge is 0.441 e. The average molecular weight is 322 g/mol. The highest BCUT2D eigenvalue weighted by molar-refractivity contribution is 8.00. The van der Waals surface area contributed by atoms with Gasteiger partial charge in [0.05, 0.1) is 5.25 Å². The highest BCUT2D eigenvalue weighted by atomic mass is 32.2. The average Bonchev–Trinajstić information content (AvgIpc) is 2.74. The molecular weight excluding hydrogens is 302 g/mol. The Labute approximate surface area is 132 Å². The first-order valence-electron chi connectivity index (χ1n) is 7.04. The van der Waals surface area contributed by atoms with Crippen LogP contribution < -0.4 is 15.6 Å². The molecule has 1 unspecified atom stereocenters. The third-order valence-electron chi connectivity index (χ3n) is 3.16. The van der Waals surface area contributed by atoms with E-state index >= 15 is 0 Å². The molecule has 0 spiro atoms. The van der Waals surface area contributed by atoms with E-state index in [0.29, 0.717) is 11.4 Å². The fraction of sp³-hybridized carbons (Fsp3) is 0.400. The molecule has 7 heteroatoms. The van der Waals surface area contributed by atoms with Crippen LogP contribution in [0.15, 0.2) is 32.5 Å². The molecule has 2 aromatic rings. The third kappa shape index (κ3) is 3.79. The van der Waals surface area contributed by atoms with Crippen molar-refractivity contribution in [2.45, 2.75) is 37.5 Å². The maximum atomic E-state index is 12.4. The first-order valence-corrected chi connectivity index (χ1v) is 7.92. The normalized spacial score (nSPS) is 12.2. The Balaban J connectivity index is 2.13. The highest BCUT2D eigenvalue weighted by Crippen LogP contribution is 2.22. The summed E-state index contributed by atoms with van der Waals surface area (Å²) in [4.78, 5) is 24.0. The van der Waals surface area contributed by atoms with Gasteiger partial charge in [-0.25, -0.2) is 4.79 Å². The number of rotatable bonds is 5. The van der Waals surface area contributed by atoms with Gasteiger partial charge in [-0.15, -0.1) is 0 Å². The van der Waals surface area contributed by atoms with Crippen LogP contribution in [0.25, 0.3) is 0 Å². The molecule has 1 amide bonds. The summed E-state index contributed by atoms with van der Waals surface area (Å²) in [5.41, 5.74) is 2.49. The molecule has 0 aliphatic rings. The Morgan fingerprint density at radius 2 is 2.00 bits per heavy atom. The highest BCUT2D eigenvalue weighted by Gasteiger charge is 2.27. The van der Waals surface area contributed by atoms with E-state index in [1.165, 1.54) is 16.4 Å². The minimum Gasteiger partial charge on any atom is -0.325 e. The van der Waals surface area contributed by atoms with E-state index in [9.17, 15) is 9.59 Å². The lowest BCUT2D eigenvalue weighted by atomic mass is 10.1. The van der Waals surface area contributed by atoms with Crippen molar-refractivity contribution in [3.05, 3.63) is 39.7 Å². The number of carbonyl (C=O) groups is 1. The first-order chi connectivity index (χ1) is 10.4. The van der Waals surface area contributed by atoms with Crippen LogP contribution in [0.4, 0.5) is 5.69 Å². The van der Waals surface area contributed by atoms with Gasteiger partial charge in [0.2, 0.25) is 5.91 Å². The van der Waals surface area contributed by atoms with E-state index < -0.39 is 5.63 Å². The summed E-state index contributed by atoms with van der Waals surface area (Å²) in [6.07, 6.45) is 0.603. The Morgan fingerprint density at radius 3 is 2.50 bits per heavy atom. The number of nitrogens with one attached hydrogen (secondary N) is 2. The number of H-pyrrole nitrogens is 1. The van der Waals surface area contributed by atoms with Gasteiger partial charge in [0.25, 0.3) is 0 Å². The molecule has 0 aliphatic carbocycles. The molecule has 118 valence electrons. The Morgan fingerprint density at radius 1 is 1.36 bits per heavy atom. The van der Waals surface area contributed by atoms with Gasteiger partial charge >= 0.3 is 10.7 Å². The molecule has 6 nitrogen and oxygen atoms in total. The van der Waals surface area contributed by atoms with Gasteiger partial charge in [0.1, 0.15) is 0 Å². The Hall–Kier alpha value is -2.02. The van der Waals surface area contributed by atoms with Gasteiger partial charge in [0.15, 0.2) is 7.05 Å². The summed E-state index contributed by atoms with van der Waals surface area (Å²) in [7, 11) is 1.67. The van der Waals surface area contributed by atoms with Crippen molar-refractivity contribution in [3.8, 4) is 0 Å². The SMILES string of the molecule is CCC(Sc1c(=O)o[nH][n+]1C)C(=O)Nc1cc(C)cc(C)c1. The van der Waals surface area contributed by atoms with E-state index in [4.69, 9.17) is 4.52 Å². The first kappa shape index (κ1) is 16.4. The lowest BCUT2D eigenvalue weighted by Gasteiger charge is -2.13. The van der Waals surface area contributed by atoms with E-state index in [0.717, 1.165) is 16.8 Å². The minimum absolute atomic E-state index is 0.127. The van der Waals surface area contributed by atoms with Crippen molar-refractivity contribution < 1.29 is 14.0 Å². The van der Waals surface area contributed by atoms with Crippen LogP contribution >= 0.6 is 11.8 Å². The van der Waals surface area contributed by atoms with Crippen molar-refractivity contribution in [2.75, 3.05) is 5.32 Å². The second-order valence-electron chi connectivity index (χ2n) is 5.23. The standard InChI is InChI=1S/C15H19N3O3S/c1-5-12(22-14-15(20)21-17-18(14)4)13(19)16-11-7-9(2)6-10(3)8-11/h6-8,12H,5H2,1-4H3,(H-,16,17,19,20)/p+1. The van der Waals surface area contributed by atoms with E-state index in [1.807, 2.05) is 39.0 Å². The summed E-state index contributed by atoms with van der Waals surface area (Å²) in [6, 6.07) is 5.90. The molecule has 1 aromatic heterocycles. The molecule has 0 fully saturated rings. The molecular formula is C15H20N3O3S+. The zero-order valence-electron chi connectivity index (χ0n) is 13.1. The van der Waals surface area contributed by atoms with Crippen LogP contribution in [-0.2, 0) is 11.8 Å². The number of carbonyl (C=O) groups excluding carboxylic acids is 1. The maximum absolute atomic E-state index is 12.4. The fourth-order valence-electron chi connectivity index (χ4n) is 2.19. The number of hydrogen-bond acceptors (Lipinski definition) is 4. The van der Waals surface area contributed by atoms with Crippen molar-refractivity contribution in [3.63, 3.8) is 0 Å². The second kappa shape index (κ2) is 6.83. The summed E-state index contributed by atoms with van der Waals surface area (Å²) in [6.45, 7) is 5.88. The summed E-state index contributed by atoms with van der Waals surface area (Å²) in [5.74, 6) is -0.127. The zero-order chi connectivity index (χ0) is 16.3. The number of aromatic nitrogens is 2. The van der Waals surface area contributed by atoms with Crippen LogP contribution in [0.1, 0.15) is 24.5 Å². The monoisotopic (exact) mass is 322 g/mol. The molecule has 0 radical (unpaired) electrons. The predicted molar refractivity (Wildman–Crippen MR) is 85.0 cm³/mol. The van der Waals surface area contributed by atoms with E-state index in [1.54, 1.807) is 7.05 Å². The fourth-order valence-corrected chi connectivity index (χ4v) is 3.12. The molecule has 1 aromatic carbocycles. The number of aromatic amines is 1. The molecule has 0 saturated heterocycles. The van der Waals surface area contributed by atoms with Crippen molar-refractivity contribution in [2.24, 2.45) is 7.05 Å². The quantitative estimate of drug-likeness (QED) is 0.651. The number of hydrogen-bond donors (Lipinski definition) is 2. The molecule has 0 saturated carbocycles. The molecule has 1 heterocycles. The lowest BCUT2D eigenvalue weighted by molar-refractivity contribution is -0.772. The summed E-state index contributed by atoms with van der Waals surface area (Å²) in [5, 5.41) is 5.37. The van der Waals surface area contributed by atoms with Gasteiger partial charge < -0.3 is 5.32 Å². The van der Waals surface area contributed by atoms with Crippen LogP contribution in [-0.4, -0.2) is 16.4 Å². The van der Waals surface area contributed by atoms with Gasteiger partial charge in [0, 0.05) is 5.69 Å². The molecule has 2 N–H and O–H groups in total. The van der Waals surface area contributed by atoms with Crippen molar-refractivity contribution >= 4 is 23.4 Å². The van der Waals surface area contributed by atoms with Gasteiger partial charge in [-0.05, 0) is 60.6 Å². The molecule has 0 bridgehead atoms. The minimum atomic E-state index is -0.467. The lowest BCUT2D eigenvalue weighted by Crippen LogP contribution is -2.35. The van der Waals surface area contributed by atoms with Crippen LogP contribution in [0.2, 0.25) is 0 Å². The molecule has 22 heavy (non-hydrogen) atoms. The second-order valence-corrected chi connectivity index (χ2v) is 6.42. The van der Waals surface area contributed by atoms with Crippen molar-refractivity contribution in [1.82, 2.24) is 5.27 Å². The van der Waals surface area contributed by atoms with E-state index in [2.05, 4.69) is 10.6 Å². The number of thioether (sulfide) groups is 1. The molecule has 2 rings (SSSR count). The molecule has 0 aliphatic heterocycles. The Bertz CT molecular complexity index is 716. The number of anilines is 1. The zero-order valence-corrected chi connectivity index (χ0v) is 13.9. The smallest absolute Gasteiger partial charge is 0.325 e.